The minimum absolute atomic E-state index is 0.0729. The number of hydrogen-bond acceptors (Lipinski definition) is 3. The maximum absolute atomic E-state index is 12.6. The standard InChI is InChI=1S/C13H12F3NO4/c1-21-7-2-3-8-9(11(18)19)4-5-17(10(8)6-7)12(20)13(14,15)16/h2-3,6,9H,4-5H2,1H3,(H,18,19). The van der Waals surface area contributed by atoms with E-state index in [1.54, 1.807) is 0 Å². The number of ether oxygens (including phenoxy) is 1. The fraction of sp³-hybridized carbons (Fsp3) is 0.385. The molecule has 1 aliphatic heterocycles. The molecule has 0 bridgehead atoms. The smallest absolute Gasteiger partial charge is 0.471 e. The Morgan fingerprint density at radius 1 is 1.38 bits per heavy atom. The maximum Gasteiger partial charge on any atom is 0.471 e. The zero-order valence-corrected chi connectivity index (χ0v) is 11.0. The third-order valence-corrected chi connectivity index (χ3v) is 3.33. The normalized spacial score (nSPS) is 18.1. The third-order valence-electron chi connectivity index (χ3n) is 3.33. The van der Waals surface area contributed by atoms with Crippen LogP contribution in [-0.2, 0) is 9.59 Å². The number of alkyl halides is 3. The summed E-state index contributed by atoms with van der Waals surface area (Å²) < 4.78 is 42.8. The first kappa shape index (κ1) is 15.1. The van der Waals surface area contributed by atoms with E-state index in [4.69, 9.17) is 9.84 Å². The van der Waals surface area contributed by atoms with Crippen LogP contribution in [0.5, 0.6) is 5.75 Å². The number of carboxylic acid groups (broad SMARTS) is 1. The largest absolute Gasteiger partial charge is 0.497 e. The molecular formula is C13H12F3NO4. The second-order valence-electron chi connectivity index (χ2n) is 4.56. The van der Waals surface area contributed by atoms with Gasteiger partial charge in [-0.2, -0.15) is 13.2 Å². The molecule has 1 unspecified atom stereocenters. The second-order valence-corrected chi connectivity index (χ2v) is 4.56. The molecule has 0 aliphatic carbocycles. The van der Waals surface area contributed by atoms with Crippen LogP contribution in [-0.4, -0.2) is 36.8 Å². The Hall–Kier alpha value is -2.25. The number of hydrogen-bond donors (Lipinski definition) is 1. The summed E-state index contributed by atoms with van der Waals surface area (Å²) >= 11 is 0. The fourth-order valence-electron chi connectivity index (χ4n) is 2.33. The molecule has 1 aromatic rings. The van der Waals surface area contributed by atoms with Gasteiger partial charge in [-0.3, -0.25) is 9.59 Å². The molecule has 0 fully saturated rings. The first-order chi connectivity index (χ1) is 9.75. The number of carbonyl (C=O) groups is 2. The van der Waals surface area contributed by atoms with Gasteiger partial charge in [0.2, 0.25) is 0 Å². The molecule has 1 atom stereocenters. The van der Waals surface area contributed by atoms with Crippen molar-refractivity contribution in [1.82, 2.24) is 0 Å². The van der Waals surface area contributed by atoms with Crippen molar-refractivity contribution in [1.29, 1.82) is 0 Å². The Morgan fingerprint density at radius 3 is 2.57 bits per heavy atom. The lowest BCUT2D eigenvalue weighted by atomic mass is 9.89. The molecule has 8 heteroatoms. The Morgan fingerprint density at radius 2 is 2.05 bits per heavy atom. The Bertz CT molecular complexity index is 585. The molecule has 21 heavy (non-hydrogen) atoms. The van der Waals surface area contributed by atoms with Crippen molar-refractivity contribution in [2.75, 3.05) is 18.6 Å². The summed E-state index contributed by atoms with van der Waals surface area (Å²) in [6.45, 7) is -0.310. The number of halogens is 3. The molecule has 2 rings (SSSR count). The number of anilines is 1. The van der Waals surface area contributed by atoms with E-state index in [0.29, 0.717) is 4.90 Å². The topological polar surface area (TPSA) is 66.8 Å². The number of methoxy groups -OCH3 is 1. The summed E-state index contributed by atoms with van der Waals surface area (Å²) in [5, 5.41) is 9.14. The average molecular weight is 303 g/mol. The molecule has 1 heterocycles. The molecule has 1 aliphatic rings. The molecule has 0 aromatic heterocycles. The zero-order chi connectivity index (χ0) is 15.8. The molecule has 5 nitrogen and oxygen atoms in total. The molecule has 0 saturated carbocycles. The van der Waals surface area contributed by atoms with Crippen LogP contribution in [0, 0.1) is 0 Å². The first-order valence-electron chi connectivity index (χ1n) is 6.05. The van der Waals surface area contributed by atoms with Crippen LogP contribution >= 0.6 is 0 Å². The highest BCUT2D eigenvalue weighted by Gasteiger charge is 2.45. The van der Waals surface area contributed by atoms with Crippen molar-refractivity contribution in [3.05, 3.63) is 23.8 Å². The predicted octanol–water partition coefficient (Wildman–Crippen LogP) is 2.16. The van der Waals surface area contributed by atoms with Crippen molar-refractivity contribution in [2.45, 2.75) is 18.5 Å². The number of carboxylic acids is 1. The number of rotatable bonds is 2. The molecule has 1 aromatic carbocycles. The van der Waals surface area contributed by atoms with E-state index in [1.807, 2.05) is 0 Å². The number of benzene rings is 1. The summed E-state index contributed by atoms with van der Waals surface area (Å²) in [6, 6.07) is 4.08. The lowest BCUT2D eigenvalue weighted by Gasteiger charge is -2.33. The minimum atomic E-state index is -5.02. The van der Waals surface area contributed by atoms with Crippen LogP contribution in [0.25, 0.3) is 0 Å². The summed E-state index contributed by atoms with van der Waals surface area (Å²) in [6.07, 6.45) is -5.09. The van der Waals surface area contributed by atoms with Gasteiger partial charge in [0.15, 0.2) is 0 Å². The quantitative estimate of drug-likeness (QED) is 0.909. The molecular weight excluding hydrogens is 291 g/mol. The van der Waals surface area contributed by atoms with Gasteiger partial charge in [-0.1, -0.05) is 6.07 Å². The van der Waals surface area contributed by atoms with E-state index in [-0.39, 0.29) is 30.0 Å². The highest BCUT2D eigenvalue weighted by Crippen LogP contribution is 2.39. The van der Waals surface area contributed by atoms with E-state index in [9.17, 15) is 22.8 Å². The average Bonchev–Trinajstić information content (AvgIpc) is 2.43. The van der Waals surface area contributed by atoms with Gasteiger partial charge in [0.05, 0.1) is 18.7 Å². The van der Waals surface area contributed by atoms with Crippen LogP contribution in [0.1, 0.15) is 17.9 Å². The SMILES string of the molecule is COc1ccc2c(c1)N(C(=O)C(F)(F)F)CCC2C(=O)O. The van der Waals surface area contributed by atoms with Crippen LogP contribution in [0.15, 0.2) is 18.2 Å². The molecule has 1 N–H and O–H groups in total. The van der Waals surface area contributed by atoms with E-state index < -0.39 is 24.0 Å². The van der Waals surface area contributed by atoms with Crippen LogP contribution in [0.4, 0.5) is 18.9 Å². The number of fused-ring (bicyclic) bond motifs is 1. The molecule has 1 amide bonds. The Kier molecular flexibility index (Phi) is 3.80. The molecule has 0 spiro atoms. The molecule has 114 valence electrons. The van der Waals surface area contributed by atoms with Gasteiger partial charge in [-0.15, -0.1) is 0 Å². The summed E-state index contributed by atoms with van der Waals surface area (Å²) in [4.78, 5) is 23.2. The van der Waals surface area contributed by atoms with E-state index in [1.165, 1.54) is 25.3 Å². The summed E-state index contributed by atoms with van der Waals surface area (Å²) in [5.41, 5.74) is 0.0995. The van der Waals surface area contributed by atoms with E-state index >= 15 is 0 Å². The van der Waals surface area contributed by atoms with Gasteiger partial charge < -0.3 is 14.7 Å². The zero-order valence-electron chi connectivity index (χ0n) is 11.0. The van der Waals surface area contributed by atoms with Gasteiger partial charge >= 0.3 is 18.1 Å². The first-order valence-corrected chi connectivity index (χ1v) is 6.05. The number of carbonyl (C=O) groups excluding carboxylic acids is 1. The van der Waals surface area contributed by atoms with Crippen LogP contribution in [0.2, 0.25) is 0 Å². The van der Waals surface area contributed by atoms with Crippen molar-refractivity contribution in [3.63, 3.8) is 0 Å². The predicted molar refractivity (Wildman–Crippen MR) is 66.4 cm³/mol. The minimum Gasteiger partial charge on any atom is -0.497 e. The van der Waals surface area contributed by atoms with Crippen LogP contribution in [0.3, 0.4) is 0 Å². The van der Waals surface area contributed by atoms with Crippen molar-refractivity contribution in [2.24, 2.45) is 0 Å². The third kappa shape index (κ3) is 2.79. The van der Waals surface area contributed by atoms with E-state index in [2.05, 4.69) is 0 Å². The highest BCUT2D eigenvalue weighted by atomic mass is 19.4. The van der Waals surface area contributed by atoms with Crippen molar-refractivity contribution >= 4 is 17.6 Å². The fourth-order valence-corrected chi connectivity index (χ4v) is 2.33. The van der Waals surface area contributed by atoms with Gasteiger partial charge in [0.25, 0.3) is 0 Å². The molecule has 0 radical (unpaired) electrons. The lowest BCUT2D eigenvalue weighted by Crippen LogP contribution is -2.45. The number of aliphatic carboxylic acids is 1. The van der Waals surface area contributed by atoms with Gasteiger partial charge in [0.1, 0.15) is 5.75 Å². The number of nitrogens with zero attached hydrogens (tertiary/aromatic N) is 1. The Labute approximate surface area is 117 Å². The van der Waals surface area contributed by atoms with Gasteiger partial charge in [-0.05, 0) is 18.1 Å². The van der Waals surface area contributed by atoms with Gasteiger partial charge in [-0.25, -0.2) is 0 Å². The van der Waals surface area contributed by atoms with Crippen molar-refractivity contribution in [3.8, 4) is 5.75 Å². The van der Waals surface area contributed by atoms with Gasteiger partial charge in [0, 0.05) is 12.6 Å². The highest BCUT2D eigenvalue weighted by molar-refractivity contribution is 5.99. The summed E-state index contributed by atoms with van der Waals surface area (Å²) in [7, 11) is 1.33. The lowest BCUT2D eigenvalue weighted by molar-refractivity contribution is -0.170. The number of amides is 1. The van der Waals surface area contributed by atoms with Crippen molar-refractivity contribution < 1.29 is 32.6 Å². The second kappa shape index (κ2) is 5.27. The molecule has 0 saturated heterocycles. The monoisotopic (exact) mass is 303 g/mol. The van der Waals surface area contributed by atoms with Crippen LogP contribution < -0.4 is 9.64 Å². The maximum atomic E-state index is 12.6. The van der Waals surface area contributed by atoms with E-state index in [0.717, 1.165) is 0 Å². The Balaban J connectivity index is 2.52. The summed E-state index contributed by atoms with van der Waals surface area (Å²) in [5.74, 6) is -3.84.